The minimum Gasteiger partial charge on any atom is -0.142 e. The van der Waals surface area contributed by atoms with Crippen molar-refractivity contribution in [3.8, 4) is 0 Å². The average molecular weight is 282 g/mol. The van der Waals surface area contributed by atoms with Crippen molar-refractivity contribution in [3.05, 3.63) is 48.5 Å². The molecule has 0 unspecified atom stereocenters. The minimum atomic E-state index is 0.919. The third kappa shape index (κ3) is 3.17. The fourth-order valence-corrected chi connectivity index (χ4v) is 3.99. The lowest BCUT2D eigenvalue weighted by Gasteiger charge is -2.05. The summed E-state index contributed by atoms with van der Waals surface area (Å²) >= 11 is 8.80. The second-order valence-corrected chi connectivity index (χ2v) is 6.28. The summed E-state index contributed by atoms with van der Waals surface area (Å²) in [6.45, 7) is 0. The molecule has 4 heteroatoms. The lowest BCUT2D eigenvalue weighted by atomic mass is 10.4. The van der Waals surface area contributed by atoms with Crippen LogP contribution in [0.25, 0.3) is 0 Å². The van der Waals surface area contributed by atoms with Crippen LogP contribution in [0.4, 0.5) is 0 Å². The van der Waals surface area contributed by atoms with E-state index in [9.17, 15) is 0 Å². The molecule has 2 aromatic carbocycles. The van der Waals surface area contributed by atoms with Gasteiger partial charge in [0.25, 0.3) is 0 Å². The van der Waals surface area contributed by atoms with Crippen molar-refractivity contribution >= 4 is 46.8 Å². The van der Waals surface area contributed by atoms with Crippen LogP contribution < -0.4 is 0 Å². The first kappa shape index (κ1) is 12.3. The molecule has 0 aliphatic rings. The normalized spacial score (nSPS) is 10.4. The van der Waals surface area contributed by atoms with E-state index in [2.05, 4.69) is 43.5 Å². The maximum atomic E-state index is 4.45. The topological polar surface area (TPSA) is 0 Å². The first-order valence-corrected chi connectivity index (χ1v) is 7.72. The Balaban J connectivity index is 2.08. The van der Waals surface area contributed by atoms with Gasteiger partial charge in [0.15, 0.2) is 0 Å². The van der Waals surface area contributed by atoms with Crippen molar-refractivity contribution < 1.29 is 0 Å². The van der Waals surface area contributed by atoms with Gasteiger partial charge >= 0.3 is 0 Å². The smallest absolute Gasteiger partial charge is 0.0330 e. The monoisotopic (exact) mass is 282 g/mol. The molecule has 0 aromatic heterocycles. The third-order valence-corrected chi connectivity index (χ3v) is 5.56. The molecule has 0 spiro atoms. The Bertz CT molecular complexity index is 468. The van der Waals surface area contributed by atoms with Gasteiger partial charge in [-0.15, -0.1) is 25.3 Å². The van der Waals surface area contributed by atoms with Crippen molar-refractivity contribution in [2.45, 2.75) is 19.6 Å². The SMILES string of the molecule is Sc1cccc(SSc2ccccc2)c1S. The highest BCUT2D eigenvalue weighted by Gasteiger charge is 2.03. The molecule has 2 rings (SSSR count). The molecule has 0 amide bonds. The van der Waals surface area contributed by atoms with Crippen LogP contribution in [-0.2, 0) is 0 Å². The highest BCUT2D eigenvalue weighted by molar-refractivity contribution is 8.76. The molecule has 0 bridgehead atoms. The summed E-state index contributed by atoms with van der Waals surface area (Å²) in [7, 11) is 3.44. The zero-order valence-electron chi connectivity index (χ0n) is 8.33. The predicted molar refractivity (Wildman–Crippen MR) is 79.1 cm³/mol. The van der Waals surface area contributed by atoms with Gasteiger partial charge in [0.1, 0.15) is 0 Å². The van der Waals surface area contributed by atoms with Crippen LogP contribution >= 0.6 is 46.8 Å². The van der Waals surface area contributed by atoms with Crippen LogP contribution in [-0.4, -0.2) is 0 Å². The first-order valence-electron chi connectivity index (χ1n) is 4.68. The lowest BCUT2D eigenvalue weighted by Crippen LogP contribution is -1.75. The summed E-state index contributed by atoms with van der Waals surface area (Å²) in [4.78, 5) is 4.25. The van der Waals surface area contributed by atoms with Gasteiger partial charge in [0.2, 0.25) is 0 Å². The van der Waals surface area contributed by atoms with E-state index >= 15 is 0 Å². The van der Waals surface area contributed by atoms with Crippen molar-refractivity contribution in [1.29, 1.82) is 0 Å². The number of hydrogen-bond donors (Lipinski definition) is 2. The van der Waals surface area contributed by atoms with E-state index in [4.69, 9.17) is 0 Å². The molecule has 0 N–H and O–H groups in total. The molecule has 0 nitrogen and oxygen atoms in total. The van der Waals surface area contributed by atoms with Crippen molar-refractivity contribution in [1.82, 2.24) is 0 Å². The van der Waals surface area contributed by atoms with E-state index in [0.29, 0.717) is 0 Å². The van der Waals surface area contributed by atoms with Gasteiger partial charge in [-0.1, -0.05) is 45.9 Å². The molecule has 0 aliphatic heterocycles. The second kappa shape index (κ2) is 5.96. The van der Waals surface area contributed by atoms with E-state index in [1.807, 2.05) is 30.3 Å². The number of rotatable bonds is 3. The summed E-state index contributed by atoms with van der Waals surface area (Å²) < 4.78 is 0. The van der Waals surface area contributed by atoms with Crippen LogP contribution in [0.3, 0.4) is 0 Å². The Morgan fingerprint density at radius 1 is 0.750 bits per heavy atom. The molecule has 0 saturated carbocycles. The first-order chi connectivity index (χ1) is 7.77. The molecule has 0 atom stereocenters. The van der Waals surface area contributed by atoms with Gasteiger partial charge in [-0.3, -0.25) is 0 Å². The van der Waals surface area contributed by atoms with Gasteiger partial charge in [-0.05, 0) is 24.3 Å². The van der Waals surface area contributed by atoms with Crippen LogP contribution in [0.5, 0.6) is 0 Å². The fraction of sp³-hybridized carbons (Fsp3) is 0. The Morgan fingerprint density at radius 2 is 1.50 bits per heavy atom. The fourth-order valence-electron chi connectivity index (χ4n) is 1.15. The maximum absolute atomic E-state index is 4.45. The molecule has 16 heavy (non-hydrogen) atoms. The Labute approximate surface area is 114 Å². The Kier molecular flexibility index (Phi) is 4.58. The summed E-state index contributed by atoms with van der Waals surface area (Å²) in [6, 6.07) is 16.3. The zero-order valence-corrected chi connectivity index (χ0v) is 11.8. The molecule has 0 saturated heterocycles. The van der Waals surface area contributed by atoms with Crippen LogP contribution in [0.15, 0.2) is 68.1 Å². The molecule has 0 fully saturated rings. The van der Waals surface area contributed by atoms with Gasteiger partial charge in [0.05, 0.1) is 0 Å². The minimum absolute atomic E-state index is 0.919. The summed E-state index contributed by atoms with van der Waals surface area (Å²) in [6.07, 6.45) is 0. The average Bonchev–Trinajstić information content (AvgIpc) is 2.32. The van der Waals surface area contributed by atoms with Crippen molar-refractivity contribution in [2.75, 3.05) is 0 Å². The molecule has 2 aromatic rings. The number of hydrogen-bond acceptors (Lipinski definition) is 4. The van der Waals surface area contributed by atoms with Gasteiger partial charge < -0.3 is 0 Å². The lowest BCUT2D eigenvalue weighted by molar-refractivity contribution is 1.14. The van der Waals surface area contributed by atoms with E-state index in [0.717, 1.165) is 14.7 Å². The van der Waals surface area contributed by atoms with Gasteiger partial charge in [0, 0.05) is 19.6 Å². The van der Waals surface area contributed by atoms with E-state index < -0.39 is 0 Å². The Morgan fingerprint density at radius 3 is 2.25 bits per heavy atom. The van der Waals surface area contributed by atoms with Crippen LogP contribution in [0.1, 0.15) is 0 Å². The van der Waals surface area contributed by atoms with Crippen molar-refractivity contribution in [3.63, 3.8) is 0 Å². The quantitative estimate of drug-likeness (QED) is 0.596. The van der Waals surface area contributed by atoms with Gasteiger partial charge in [-0.2, -0.15) is 0 Å². The van der Waals surface area contributed by atoms with E-state index in [1.54, 1.807) is 21.6 Å². The summed E-state index contributed by atoms with van der Waals surface area (Å²) in [5, 5.41) is 0. The maximum Gasteiger partial charge on any atom is 0.0330 e. The second-order valence-electron chi connectivity index (χ2n) is 3.10. The highest BCUT2D eigenvalue weighted by Crippen LogP contribution is 2.41. The molecule has 0 radical (unpaired) electrons. The van der Waals surface area contributed by atoms with Crippen LogP contribution in [0, 0.1) is 0 Å². The summed E-state index contributed by atoms with van der Waals surface area (Å²) in [5.41, 5.74) is 0. The third-order valence-electron chi connectivity index (χ3n) is 1.95. The van der Waals surface area contributed by atoms with Gasteiger partial charge in [-0.25, -0.2) is 0 Å². The van der Waals surface area contributed by atoms with E-state index in [-0.39, 0.29) is 0 Å². The molecule has 0 heterocycles. The molecule has 82 valence electrons. The van der Waals surface area contributed by atoms with Crippen LogP contribution in [0.2, 0.25) is 0 Å². The number of benzene rings is 2. The zero-order chi connectivity index (χ0) is 11.4. The molecular weight excluding hydrogens is 272 g/mol. The highest BCUT2D eigenvalue weighted by atomic mass is 33.1. The molecule has 0 aliphatic carbocycles. The standard InChI is InChI=1S/C12H10S4/c13-10-7-4-8-11(12(10)14)16-15-9-5-2-1-3-6-9/h1-8,13-14H. The number of thiol groups is 2. The van der Waals surface area contributed by atoms with E-state index in [1.165, 1.54) is 4.90 Å². The van der Waals surface area contributed by atoms with Crippen molar-refractivity contribution in [2.24, 2.45) is 0 Å². The molecular formula is C12H10S4. The predicted octanol–water partition coefficient (Wildman–Crippen LogP) is 5.06. The largest absolute Gasteiger partial charge is 0.142 e. The Hall–Kier alpha value is -0.160. The summed E-state index contributed by atoms with van der Waals surface area (Å²) in [5.74, 6) is 0.